The molecule has 144 valence electrons. The van der Waals surface area contributed by atoms with Gasteiger partial charge in [-0.15, -0.1) is 0 Å². The molecule has 7 heteroatoms. The molecule has 1 aliphatic heterocycles. The summed E-state index contributed by atoms with van der Waals surface area (Å²) in [6, 6.07) is 12.0. The maximum atomic E-state index is 12.8. The molecule has 28 heavy (non-hydrogen) atoms. The number of amides is 2. The van der Waals surface area contributed by atoms with Crippen molar-refractivity contribution in [3.8, 4) is 0 Å². The molecule has 1 aliphatic rings. The number of carbonyl (C=O) groups excluding carboxylic acids is 2. The molecular formula is C21H23N5O2. The van der Waals surface area contributed by atoms with E-state index in [1.165, 1.54) is 5.56 Å². The Morgan fingerprint density at radius 2 is 2.00 bits per heavy atom. The predicted molar refractivity (Wildman–Crippen MR) is 105 cm³/mol. The minimum absolute atomic E-state index is 0.126. The van der Waals surface area contributed by atoms with Gasteiger partial charge in [-0.3, -0.25) is 9.59 Å². The van der Waals surface area contributed by atoms with Gasteiger partial charge in [0.15, 0.2) is 5.65 Å². The summed E-state index contributed by atoms with van der Waals surface area (Å²) >= 11 is 0. The number of pyridine rings is 1. The maximum Gasteiger partial charge on any atom is 0.255 e. The molecule has 1 aromatic carbocycles. The average molecular weight is 377 g/mol. The first-order valence-corrected chi connectivity index (χ1v) is 9.55. The lowest BCUT2D eigenvalue weighted by Crippen LogP contribution is -2.44. The molecule has 1 unspecified atom stereocenters. The molecule has 3 aromatic rings. The van der Waals surface area contributed by atoms with Crippen molar-refractivity contribution in [1.29, 1.82) is 0 Å². The van der Waals surface area contributed by atoms with Gasteiger partial charge in [0.1, 0.15) is 5.52 Å². The SMILES string of the molecule is NC(=O)C1CCCN(C(=O)c2cnc3c(c2)ncn3CCc2ccccc2)C1. The third kappa shape index (κ3) is 3.74. The number of benzene rings is 1. The van der Waals surface area contributed by atoms with E-state index < -0.39 is 0 Å². The molecular weight excluding hydrogens is 354 g/mol. The van der Waals surface area contributed by atoms with Crippen molar-refractivity contribution < 1.29 is 9.59 Å². The summed E-state index contributed by atoms with van der Waals surface area (Å²) in [5.41, 5.74) is 8.62. The van der Waals surface area contributed by atoms with E-state index in [1.54, 1.807) is 23.5 Å². The molecule has 1 atom stereocenters. The number of aromatic nitrogens is 3. The van der Waals surface area contributed by atoms with Crippen LogP contribution in [0.1, 0.15) is 28.8 Å². The summed E-state index contributed by atoms with van der Waals surface area (Å²) in [4.78, 5) is 34.9. The van der Waals surface area contributed by atoms with Crippen LogP contribution in [0.15, 0.2) is 48.9 Å². The van der Waals surface area contributed by atoms with Gasteiger partial charge in [0.25, 0.3) is 5.91 Å². The number of aryl methyl sites for hydroxylation is 2. The minimum atomic E-state index is -0.344. The number of nitrogens with two attached hydrogens (primary N) is 1. The second-order valence-corrected chi connectivity index (χ2v) is 7.23. The Morgan fingerprint density at radius 3 is 2.79 bits per heavy atom. The van der Waals surface area contributed by atoms with Crippen LogP contribution < -0.4 is 5.73 Å². The molecule has 2 N–H and O–H groups in total. The predicted octanol–water partition coefficient (Wildman–Crippen LogP) is 2.01. The van der Waals surface area contributed by atoms with E-state index in [0.717, 1.165) is 31.5 Å². The van der Waals surface area contributed by atoms with Crippen molar-refractivity contribution >= 4 is 23.0 Å². The summed E-state index contributed by atoms with van der Waals surface area (Å²) in [5, 5.41) is 0. The molecule has 0 aliphatic carbocycles. The van der Waals surface area contributed by atoms with Gasteiger partial charge < -0.3 is 15.2 Å². The fraction of sp³-hybridized carbons (Fsp3) is 0.333. The lowest BCUT2D eigenvalue weighted by Gasteiger charge is -2.31. The summed E-state index contributed by atoms with van der Waals surface area (Å²) in [5.74, 6) is -0.742. The first-order valence-electron chi connectivity index (χ1n) is 9.55. The Kier molecular flexibility index (Phi) is 5.06. The van der Waals surface area contributed by atoms with Crippen molar-refractivity contribution in [2.75, 3.05) is 13.1 Å². The van der Waals surface area contributed by atoms with Crippen molar-refractivity contribution in [2.45, 2.75) is 25.8 Å². The van der Waals surface area contributed by atoms with Gasteiger partial charge in [0.05, 0.1) is 17.8 Å². The van der Waals surface area contributed by atoms with Crippen molar-refractivity contribution in [1.82, 2.24) is 19.4 Å². The highest BCUT2D eigenvalue weighted by atomic mass is 16.2. The van der Waals surface area contributed by atoms with Crippen molar-refractivity contribution in [3.05, 3.63) is 60.0 Å². The summed E-state index contributed by atoms with van der Waals surface area (Å²) in [6.07, 6.45) is 5.76. The Hall–Kier alpha value is -3.22. The average Bonchev–Trinajstić information content (AvgIpc) is 3.14. The second-order valence-electron chi connectivity index (χ2n) is 7.23. The normalized spacial score (nSPS) is 17.0. The van der Waals surface area contributed by atoms with Crippen LogP contribution in [-0.4, -0.2) is 44.3 Å². The van der Waals surface area contributed by atoms with Crippen LogP contribution in [0.3, 0.4) is 0 Å². The van der Waals surface area contributed by atoms with Gasteiger partial charge in [-0.2, -0.15) is 0 Å². The molecule has 0 bridgehead atoms. The van der Waals surface area contributed by atoms with Crippen LogP contribution in [0.4, 0.5) is 0 Å². The molecule has 0 radical (unpaired) electrons. The first kappa shape index (κ1) is 18.2. The van der Waals surface area contributed by atoms with Gasteiger partial charge in [0, 0.05) is 25.8 Å². The van der Waals surface area contributed by atoms with Crippen LogP contribution >= 0.6 is 0 Å². The molecule has 0 saturated carbocycles. The molecule has 1 saturated heterocycles. The van der Waals surface area contributed by atoms with E-state index in [1.807, 2.05) is 22.8 Å². The highest BCUT2D eigenvalue weighted by molar-refractivity contribution is 5.96. The molecule has 2 amide bonds. The van der Waals surface area contributed by atoms with E-state index in [-0.39, 0.29) is 17.7 Å². The lowest BCUT2D eigenvalue weighted by atomic mass is 9.97. The highest BCUT2D eigenvalue weighted by Crippen LogP contribution is 2.20. The van der Waals surface area contributed by atoms with E-state index >= 15 is 0 Å². The Morgan fingerprint density at radius 1 is 1.18 bits per heavy atom. The number of hydrogen-bond donors (Lipinski definition) is 1. The van der Waals surface area contributed by atoms with E-state index in [0.29, 0.717) is 24.2 Å². The van der Waals surface area contributed by atoms with E-state index in [4.69, 9.17) is 5.73 Å². The van der Waals surface area contributed by atoms with Crippen LogP contribution in [0.2, 0.25) is 0 Å². The lowest BCUT2D eigenvalue weighted by molar-refractivity contribution is -0.123. The van der Waals surface area contributed by atoms with Crippen LogP contribution in [0.25, 0.3) is 11.2 Å². The number of primary amides is 1. The van der Waals surface area contributed by atoms with Crippen molar-refractivity contribution in [2.24, 2.45) is 11.7 Å². The topological polar surface area (TPSA) is 94.1 Å². The third-order valence-electron chi connectivity index (χ3n) is 5.30. The highest BCUT2D eigenvalue weighted by Gasteiger charge is 2.28. The summed E-state index contributed by atoms with van der Waals surface area (Å²) < 4.78 is 2.00. The first-order chi connectivity index (χ1) is 13.6. The number of nitrogens with zero attached hydrogens (tertiary/aromatic N) is 4. The zero-order valence-electron chi connectivity index (χ0n) is 15.6. The minimum Gasteiger partial charge on any atom is -0.369 e. The number of piperidine rings is 1. The number of hydrogen-bond acceptors (Lipinski definition) is 4. The quantitative estimate of drug-likeness (QED) is 0.736. The Bertz CT molecular complexity index is 998. The number of carbonyl (C=O) groups is 2. The molecule has 2 aromatic heterocycles. The number of likely N-dealkylation sites (tertiary alicyclic amines) is 1. The number of imidazole rings is 1. The van der Waals surface area contributed by atoms with Gasteiger partial charge in [-0.1, -0.05) is 30.3 Å². The summed E-state index contributed by atoms with van der Waals surface area (Å²) in [6.45, 7) is 1.77. The van der Waals surface area contributed by atoms with Crippen LogP contribution in [0.5, 0.6) is 0 Å². The zero-order chi connectivity index (χ0) is 19.5. The van der Waals surface area contributed by atoms with Crippen LogP contribution in [0, 0.1) is 5.92 Å². The van der Waals surface area contributed by atoms with Gasteiger partial charge in [0.2, 0.25) is 5.91 Å². The molecule has 4 rings (SSSR count). The van der Waals surface area contributed by atoms with E-state index in [9.17, 15) is 9.59 Å². The van der Waals surface area contributed by atoms with E-state index in [2.05, 4.69) is 22.1 Å². The van der Waals surface area contributed by atoms with Gasteiger partial charge in [-0.05, 0) is 30.9 Å². The van der Waals surface area contributed by atoms with Gasteiger partial charge >= 0.3 is 0 Å². The van der Waals surface area contributed by atoms with Gasteiger partial charge in [-0.25, -0.2) is 9.97 Å². The molecule has 1 fully saturated rings. The van der Waals surface area contributed by atoms with Crippen LogP contribution in [-0.2, 0) is 17.8 Å². The zero-order valence-corrected chi connectivity index (χ0v) is 15.6. The van der Waals surface area contributed by atoms with Crippen molar-refractivity contribution in [3.63, 3.8) is 0 Å². The monoisotopic (exact) mass is 377 g/mol. The Balaban J connectivity index is 1.49. The number of fused-ring (bicyclic) bond motifs is 1. The fourth-order valence-corrected chi connectivity index (χ4v) is 3.70. The number of rotatable bonds is 5. The fourth-order valence-electron chi connectivity index (χ4n) is 3.70. The largest absolute Gasteiger partial charge is 0.369 e. The maximum absolute atomic E-state index is 12.8. The smallest absolute Gasteiger partial charge is 0.255 e. The third-order valence-corrected chi connectivity index (χ3v) is 5.30. The Labute approximate surface area is 163 Å². The molecule has 0 spiro atoms. The second kappa shape index (κ2) is 7.80. The summed E-state index contributed by atoms with van der Waals surface area (Å²) in [7, 11) is 0. The molecule has 7 nitrogen and oxygen atoms in total. The standard InChI is InChI=1S/C21H23N5O2/c22-19(27)16-7-4-9-25(13-16)21(28)17-11-18-20(23-12-17)26(14-24-18)10-8-15-5-2-1-3-6-15/h1-3,5-6,11-12,14,16H,4,7-10,13H2,(H2,22,27). The molecule has 3 heterocycles.